The van der Waals surface area contributed by atoms with Gasteiger partial charge in [-0.2, -0.15) is 0 Å². The number of aromatic nitrogens is 1. The van der Waals surface area contributed by atoms with Crippen molar-refractivity contribution in [2.45, 2.75) is 50.2 Å². The zero-order valence-corrected chi connectivity index (χ0v) is 17.0. The lowest BCUT2D eigenvalue weighted by atomic mass is 9.86. The Labute approximate surface area is 167 Å². The molecule has 7 heteroatoms. The first-order valence-electron chi connectivity index (χ1n) is 9.95. The molecule has 27 heavy (non-hydrogen) atoms. The maximum atomic E-state index is 13.5. The van der Waals surface area contributed by atoms with Crippen LogP contribution in [0.2, 0.25) is 0 Å². The molecule has 144 valence electrons. The molecule has 5 heterocycles. The van der Waals surface area contributed by atoms with E-state index in [0.29, 0.717) is 0 Å². The van der Waals surface area contributed by atoms with Crippen LogP contribution in [0.4, 0.5) is 0 Å². The maximum absolute atomic E-state index is 13.5. The highest BCUT2D eigenvalue weighted by Gasteiger charge is 2.42. The molecule has 2 fully saturated rings. The number of ether oxygens (including phenoxy) is 1. The Morgan fingerprint density at radius 2 is 2.22 bits per heavy atom. The molecule has 3 aliphatic heterocycles. The molecule has 1 N–H and O–H groups in total. The van der Waals surface area contributed by atoms with Crippen molar-refractivity contribution >= 4 is 28.6 Å². The Hall–Kier alpha value is -1.28. The fourth-order valence-corrected chi connectivity index (χ4v) is 6.85. The van der Waals surface area contributed by atoms with Crippen LogP contribution in [0.25, 0.3) is 0 Å². The lowest BCUT2D eigenvalue weighted by Gasteiger charge is -2.40. The van der Waals surface area contributed by atoms with Crippen molar-refractivity contribution in [3.05, 3.63) is 38.0 Å². The van der Waals surface area contributed by atoms with Crippen LogP contribution in [0.15, 0.2) is 17.6 Å². The monoisotopic (exact) mass is 403 g/mol. The third kappa shape index (κ3) is 3.14. The normalized spacial score (nSPS) is 24.7. The summed E-state index contributed by atoms with van der Waals surface area (Å²) in [5, 5.41) is 6.51. The third-order valence-corrected chi connectivity index (χ3v) is 8.32. The lowest BCUT2D eigenvalue weighted by Crippen LogP contribution is -2.44. The van der Waals surface area contributed by atoms with Gasteiger partial charge in [0, 0.05) is 23.0 Å². The number of nitrogens with one attached hydrogen (secondary N) is 1. The van der Waals surface area contributed by atoms with E-state index in [-0.39, 0.29) is 17.6 Å². The third-order valence-electron chi connectivity index (χ3n) is 6.09. The van der Waals surface area contributed by atoms with Gasteiger partial charge in [-0.1, -0.05) is 0 Å². The molecule has 1 unspecified atom stereocenters. The van der Waals surface area contributed by atoms with E-state index >= 15 is 0 Å². The molecular weight excluding hydrogens is 378 g/mol. The predicted octanol–water partition coefficient (Wildman–Crippen LogP) is 3.72. The molecule has 0 radical (unpaired) electrons. The van der Waals surface area contributed by atoms with Gasteiger partial charge in [-0.05, 0) is 63.2 Å². The number of rotatable bonds is 2. The number of thiophene rings is 1. The van der Waals surface area contributed by atoms with Gasteiger partial charge in [0.2, 0.25) is 0 Å². The highest BCUT2D eigenvalue weighted by Crippen LogP contribution is 2.45. The van der Waals surface area contributed by atoms with Crippen molar-refractivity contribution in [3.8, 4) is 0 Å². The van der Waals surface area contributed by atoms with Gasteiger partial charge in [0.25, 0.3) is 5.91 Å². The number of hydrogen-bond donors (Lipinski definition) is 1. The molecule has 5 nitrogen and oxygen atoms in total. The van der Waals surface area contributed by atoms with Crippen LogP contribution in [-0.2, 0) is 16.8 Å². The van der Waals surface area contributed by atoms with E-state index < -0.39 is 0 Å². The van der Waals surface area contributed by atoms with E-state index in [4.69, 9.17) is 4.74 Å². The van der Waals surface area contributed by atoms with E-state index in [9.17, 15) is 4.79 Å². The molecule has 1 amide bonds. The molecule has 5 rings (SSSR count). The average Bonchev–Trinajstić information content (AvgIpc) is 3.39. The number of amides is 1. The molecule has 0 aromatic carbocycles. The largest absolute Gasteiger partial charge is 0.369 e. The number of hydrogen-bond acceptors (Lipinski definition) is 6. The van der Waals surface area contributed by atoms with Crippen LogP contribution >= 0.6 is 22.7 Å². The second-order valence-electron chi connectivity index (χ2n) is 7.69. The number of fused-ring (bicyclic) bond motifs is 2. The van der Waals surface area contributed by atoms with E-state index in [0.717, 1.165) is 68.2 Å². The standard InChI is InChI=1S/C20H25N3O2S2/c24-19(23-10-2-1-3-15(23)18-22-9-12-26-18)16-13-14-4-11-25-20(17(14)27-16)5-7-21-8-6-20/h9,12-13,15,21H,1-8,10-11H2. The number of thiazole rings is 1. The highest BCUT2D eigenvalue weighted by molar-refractivity contribution is 7.14. The molecule has 3 aliphatic rings. The zero-order chi connectivity index (χ0) is 18.3. The Bertz CT molecular complexity index is 811. The molecule has 0 bridgehead atoms. The van der Waals surface area contributed by atoms with Crippen molar-refractivity contribution in [2.24, 2.45) is 0 Å². The molecular formula is C20H25N3O2S2. The first kappa shape index (κ1) is 17.8. The summed E-state index contributed by atoms with van der Waals surface area (Å²) in [4.78, 5) is 22.2. The first-order valence-corrected chi connectivity index (χ1v) is 11.6. The molecule has 0 aliphatic carbocycles. The van der Waals surface area contributed by atoms with Crippen molar-refractivity contribution in [3.63, 3.8) is 0 Å². The van der Waals surface area contributed by atoms with E-state index in [2.05, 4.69) is 21.3 Å². The second kappa shape index (κ2) is 7.28. The Morgan fingerprint density at radius 3 is 3.04 bits per heavy atom. The molecule has 2 saturated heterocycles. The van der Waals surface area contributed by atoms with E-state index in [1.807, 2.05) is 11.6 Å². The van der Waals surface area contributed by atoms with E-state index in [1.54, 1.807) is 22.7 Å². The SMILES string of the molecule is O=C(c1cc2c(s1)C1(CCNCC1)OCC2)N1CCCCC1c1nccs1. The topological polar surface area (TPSA) is 54.5 Å². The minimum absolute atomic E-state index is 0.134. The van der Waals surface area contributed by atoms with Crippen LogP contribution in [0.3, 0.4) is 0 Å². The summed E-state index contributed by atoms with van der Waals surface area (Å²) in [6.07, 6.45) is 8.03. The average molecular weight is 404 g/mol. The van der Waals surface area contributed by atoms with Crippen LogP contribution in [-0.4, -0.2) is 42.0 Å². The summed E-state index contributed by atoms with van der Waals surface area (Å²) in [5.41, 5.74) is 1.16. The number of carbonyl (C=O) groups excluding carboxylic acids is 1. The fourth-order valence-electron chi connectivity index (χ4n) is 4.70. The minimum Gasteiger partial charge on any atom is -0.369 e. The van der Waals surface area contributed by atoms with Crippen LogP contribution in [0, 0.1) is 0 Å². The van der Waals surface area contributed by atoms with Crippen LogP contribution in [0.5, 0.6) is 0 Å². The van der Waals surface area contributed by atoms with Gasteiger partial charge in [0.15, 0.2) is 0 Å². The number of carbonyl (C=O) groups is 1. The summed E-state index contributed by atoms with van der Waals surface area (Å²) in [6.45, 7) is 3.57. The maximum Gasteiger partial charge on any atom is 0.264 e. The summed E-state index contributed by atoms with van der Waals surface area (Å²) in [5.74, 6) is 0.179. The van der Waals surface area contributed by atoms with Gasteiger partial charge in [0.05, 0.1) is 17.5 Å². The Balaban J connectivity index is 1.45. The van der Waals surface area contributed by atoms with E-state index in [1.165, 1.54) is 16.9 Å². The van der Waals surface area contributed by atoms with Crippen molar-refractivity contribution < 1.29 is 9.53 Å². The summed E-state index contributed by atoms with van der Waals surface area (Å²) < 4.78 is 6.29. The second-order valence-corrected chi connectivity index (χ2v) is 9.67. The molecule has 1 atom stereocenters. The van der Waals surface area contributed by atoms with Gasteiger partial charge in [-0.15, -0.1) is 22.7 Å². The molecule has 1 spiro atoms. The van der Waals surface area contributed by atoms with Crippen molar-refractivity contribution in [2.75, 3.05) is 26.2 Å². The summed E-state index contributed by atoms with van der Waals surface area (Å²) in [6, 6.07) is 2.29. The molecule has 0 saturated carbocycles. The van der Waals surface area contributed by atoms with Crippen LogP contribution < -0.4 is 5.32 Å². The number of piperidine rings is 2. The fraction of sp³-hybridized carbons (Fsp3) is 0.600. The number of likely N-dealkylation sites (tertiary alicyclic amines) is 1. The quantitative estimate of drug-likeness (QED) is 0.830. The van der Waals surface area contributed by atoms with Crippen LogP contribution in [0.1, 0.15) is 63.3 Å². The highest BCUT2D eigenvalue weighted by atomic mass is 32.1. The van der Waals surface area contributed by atoms with Gasteiger partial charge in [-0.25, -0.2) is 4.98 Å². The smallest absolute Gasteiger partial charge is 0.264 e. The van der Waals surface area contributed by atoms with Crippen molar-refractivity contribution in [1.29, 1.82) is 0 Å². The van der Waals surface area contributed by atoms with Gasteiger partial charge >= 0.3 is 0 Å². The summed E-state index contributed by atoms with van der Waals surface area (Å²) >= 11 is 3.34. The Morgan fingerprint density at radius 1 is 1.33 bits per heavy atom. The van der Waals surface area contributed by atoms with Gasteiger partial charge in [0.1, 0.15) is 10.6 Å². The predicted molar refractivity (Wildman–Crippen MR) is 107 cm³/mol. The Kier molecular flexibility index (Phi) is 4.80. The summed E-state index contributed by atoms with van der Waals surface area (Å²) in [7, 11) is 0. The molecule has 2 aromatic rings. The van der Waals surface area contributed by atoms with Crippen molar-refractivity contribution in [1.82, 2.24) is 15.2 Å². The molecule has 2 aromatic heterocycles. The zero-order valence-electron chi connectivity index (χ0n) is 15.4. The van der Waals surface area contributed by atoms with Gasteiger partial charge < -0.3 is 15.0 Å². The minimum atomic E-state index is -0.168. The first-order chi connectivity index (χ1) is 13.3. The number of nitrogens with zero attached hydrogens (tertiary/aromatic N) is 2. The lowest BCUT2D eigenvalue weighted by molar-refractivity contribution is -0.0771. The van der Waals surface area contributed by atoms with Gasteiger partial charge in [-0.3, -0.25) is 4.79 Å².